The largest absolute Gasteiger partial charge is 0.481 e. The van der Waals surface area contributed by atoms with Crippen LogP contribution in [-0.2, 0) is 9.53 Å². The molecule has 0 radical (unpaired) electrons. The maximum atomic E-state index is 11.7. The van der Waals surface area contributed by atoms with E-state index in [-0.39, 0.29) is 5.92 Å². The molecule has 1 rings (SSSR count). The summed E-state index contributed by atoms with van der Waals surface area (Å²) in [5.41, 5.74) is -0.501. The molecule has 0 aromatic carbocycles. The second-order valence-corrected chi connectivity index (χ2v) is 5.41. The Labute approximate surface area is 105 Å². The molecule has 3 heteroatoms. The maximum Gasteiger partial charge on any atom is 0.309 e. The summed E-state index contributed by atoms with van der Waals surface area (Å²) in [6.07, 6.45) is 8.29. The Hall–Kier alpha value is -0.570. The molecule has 1 atom stereocenters. The van der Waals surface area contributed by atoms with E-state index in [1.807, 2.05) is 0 Å². The SMILES string of the molecule is COCCC(C)C1(C(=O)O)CCCCCCC1. The molecule has 0 amide bonds. The van der Waals surface area contributed by atoms with Gasteiger partial charge in [-0.1, -0.05) is 39.0 Å². The van der Waals surface area contributed by atoms with Gasteiger partial charge in [0.05, 0.1) is 5.41 Å². The number of carboxylic acids is 1. The van der Waals surface area contributed by atoms with Crippen LogP contribution in [0.3, 0.4) is 0 Å². The summed E-state index contributed by atoms with van der Waals surface area (Å²) in [6, 6.07) is 0. The molecule has 100 valence electrons. The van der Waals surface area contributed by atoms with Crippen LogP contribution in [0.15, 0.2) is 0 Å². The first-order valence-corrected chi connectivity index (χ1v) is 6.86. The van der Waals surface area contributed by atoms with Crippen molar-refractivity contribution in [3.8, 4) is 0 Å². The maximum absolute atomic E-state index is 11.7. The predicted octanol–water partition coefficient (Wildman–Crippen LogP) is 3.47. The van der Waals surface area contributed by atoms with Gasteiger partial charge in [0.15, 0.2) is 0 Å². The van der Waals surface area contributed by atoms with Crippen molar-refractivity contribution in [3.05, 3.63) is 0 Å². The highest BCUT2D eigenvalue weighted by Gasteiger charge is 2.42. The van der Waals surface area contributed by atoms with Crippen LogP contribution in [-0.4, -0.2) is 24.8 Å². The molecule has 1 unspecified atom stereocenters. The molecule has 1 fully saturated rings. The number of ether oxygens (including phenoxy) is 1. The molecule has 0 aliphatic heterocycles. The minimum atomic E-state index is -0.594. The first kappa shape index (κ1) is 14.5. The van der Waals surface area contributed by atoms with E-state index in [4.69, 9.17) is 4.74 Å². The van der Waals surface area contributed by atoms with Crippen molar-refractivity contribution in [1.82, 2.24) is 0 Å². The number of aliphatic carboxylic acids is 1. The van der Waals surface area contributed by atoms with E-state index in [1.165, 1.54) is 19.3 Å². The van der Waals surface area contributed by atoms with E-state index in [9.17, 15) is 9.90 Å². The van der Waals surface area contributed by atoms with Crippen molar-refractivity contribution in [2.75, 3.05) is 13.7 Å². The van der Waals surface area contributed by atoms with E-state index < -0.39 is 11.4 Å². The molecule has 1 N–H and O–H groups in total. The van der Waals surface area contributed by atoms with Crippen molar-refractivity contribution < 1.29 is 14.6 Å². The monoisotopic (exact) mass is 242 g/mol. The van der Waals surface area contributed by atoms with Crippen molar-refractivity contribution in [2.24, 2.45) is 11.3 Å². The Kier molecular flexibility index (Phi) is 5.96. The highest BCUT2D eigenvalue weighted by atomic mass is 16.5. The van der Waals surface area contributed by atoms with Gasteiger partial charge in [-0.15, -0.1) is 0 Å². The van der Waals surface area contributed by atoms with Crippen molar-refractivity contribution in [3.63, 3.8) is 0 Å². The molecule has 0 bridgehead atoms. The number of carbonyl (C=O) groups is 1. The lowest BCUT2D eigenvalue weighted by Crippen LogP contribution is -2.38. The lowest BCUT2D eigenvalue weighted by atomic mass is 9.67. The molecular formula is C14H26O3. The highest BCUT2D eigenvalue weighted by molar-refractivity contribution is 5.75. The van der Waals surface area contributed by atoms with Gasteiger partial charge in [-0.3, -0.25) is 4.79 Å². The van der Waals surface area contributed by atoms with E-state index in [0.29, 0.717) is 6.61 Å². The zero-order valence-electron chi connectivity index (χ0n) is 11.2. The Morgan fingerprint density at radius 2 is 1.76 bits per heavy atom. The van der Waals surface area contributed by atoms with E-state index in [2.05, 4.69) is 6.92 Å². The van der Waals surface area contributed by atoms with Crippen LogP contribution in [0.1, 0.15) is 58.3 Å². The van der Waals surface area contributed by atoms with Gasteiger partial charge in [0, 0.05) is 13.7 Å². The number of rotatable bonds is 5. The van der Waals surface area contributed by atoms with Crippen molar-refractivity contribution in [2.45, 2.75) is 58.3 Å². The molecule has 0 aromatic heterocycles. The van der Waals surface area contributed by atoms with Gasteiger partial charge in [-0.2, -0.15) is 0 Å². The first-order valence-electron chi connectivity index (χ1n) is 6.86. The van der Waals surface area contributed by atoms with Crippen LogP contribution in [0.25, 0.3) is 0 Å². The molecule has 1 saturated carbocycles. The summed E-state index contributed by atoms with van der Waals surface area (Å²) in [5.74, 6) is -0.388. The molecular weight excluding hydrogens is 216 g/mol. The molecule has 0 heterocycles. The summed E-state index contributed by atoms with van der Waals surface area (Å²) in [6.45, 7) is 2.74. The molecule has 1 aliphatic rings. The third-order valence-electron chi connectivity index (χ3n) is 4.37. The third-order valence-corrected chi connectivity index (χ3v) is 4.37. The lowest BCUT2D eigenvalue weighted by Gasteiger charge is -2.36. The van der Waals surface area contributed by atoms with Crippen LogP contribution >= 0.6 is 0 Å². The van der Waals surface area contributed by atoms with Gasteiger partial charge in [0.25, 0.3) is 0 Å². The summed E-state index contributed by atoms with van der Waals surface area (Å²) in [7, 11) is 1.68. The quantitative estimate of drug-likeness (QED) is 0.803. The van der Waals surface area contributed by atoms with Gasteiger partial charge in [0.2, 0.25) is 0 Å². The first-order chi connectivity index (χ1) is 8.13. The summed E-state index contributed by atoms with van der Waals surface area (Å²) in [4.78, 5) is 11.7. The second-order valence-electron chi connectivity index (χ2n) is 5.41. The van der Waals surface area contributed by atoms with E-state index in [1.54, 1.807) is 7.11 Å². The van der Waals surface area contributed by atoms with Crippen LogP contribution in [0.5, 0.6) is 0 Å². The molecule has 0 spiro atoms. The summed E-state index contributed by atoms with van der Waals surface area (Å²) in [5, 5.41) is 9.63. The van der Waals surface area contributed by atoms with E-state index >= 15 is 0 Å². The van der Waals surface area contributed by atoms with Crippen molar-refractivity contribution >= 4 is 5.97 Å². The summed E-state index contributed by atoms with van der Waals surface area (Å²) < 4.78 is 5.09. The fourth-order valence-corrected chi connectivity index (χ4v) is 3.02. The van der Waals surface area contributed by atoms with Gasteiger partial charge < -0.3 is 9.84 Å². The molecule has 17 heavy (non-hydrogen) atoms. The number of methoxy groups -OCH3 is 1. The highest BCUT2D eigenvalue weighted by Crippen LogP contribution is 2.42. The van der Waals surface area contributed by atoms with Crippen LogP contribution in [0.2, 0.25) is 0 Å². The molecule has 3 nitrogen and oxygen atoms in total. The van der Waals surface area contributed by atoms with Crippen LogP contribution in [0, 0.1) is 11.3 Å². The minimum absolute atomic E-state index is 0.207. The topological polar surface area (TPSA) is 46.5 Å². The molecule has 1 aliphatic carbocycles. The Morgan fingerprint density at radius 3 is 2.24 bits per heavy atom. The van der Waals surface area contributed by atoms with Gasteiger partial charge >= 0.3 is 5.97 Å². The smallest absolute Gasteiger partial charge is 0.309 e. The van der Waals surface area contributed by atoms with E-state index in [0.717, 1.165) is 32.1 Å². The molecule has 0 saturated heterocycles. The number of hydrogen-bond acceptors (Lipinski definition) is 2. The Bertz CT molecular complexity index is 230. The normalized spacial score (nSPS) is 22.5. The Balaban J connectivity index is 2.73. The number of carboxylic acid groups (broad SMARTS) is 1. The zero-order chi connectivity index (χ0) is 12.7. The van der Waals surface area contributed by atoms with Gasteiger partial charge in [0.1, 0.15) is 0 Å². The third kappa shape index (κ3) is 3.70. The minimum Gasteiger partial charge on any atom is -0.481 e. The fraction of sp³-hybridized carbons (Fsp3) is 0.929. The standard InChI is InChI=1S/C14H26O3/c1-12(8-11-17-2)14(13(15)16)9-6-4-3-5-7-10-14/h12H,3-11H2,1-2H3,(H,15,16). The Morgan fingerprint density at radius 1 is 1.24 bits per heavy atom. The fourth-order valence-electron chi connectivity index (χ4n) is 3.02. The zero-order valence-corrected chi connectivity index (χ0v) is 11.2. The predicted molar refractivity (Wildman–Crippen MR) is 68.0 cm³/mol. The molecule has 0 aromatic rings. The average Bonchev–Trinajstić information content (AvgIpc) is 2.25. The van der Waals surface area contributed by atoms with Crippen LogP contribution < -0.4 is 0 Å². The average molecular weight is 242 g/mol. The summed E-state index contributed by atoms with van der Waals surface area (Å²) >= 11 is 0. The van der Waals surface area contributed by atoms with Gasteiger partial charge in [-0.05, 0) is 25.2 Å². The number of hydrogen-bond donors (Lipinski definition) is 1. The lowest BCUT2D eigenvalue weighted by molar-refractivity contribution is -0.154. The van der Waals surface area contributed by atoms with Crippen LogP contribution in [0.4, 0.5) is 0 Å². The van der Waals surface area contributed by atoms with Crippen molar-refractivity contribution in [1.29, 1.82) is 0 Å². The van der Waals surface area contributed by atoms with Gasteiger partial charge in [-0.25, -0.2) is 0 Å². The second kappa shape index (κ2) is 7.00.